The highest BCUT2D eigenvalue weighted by Crippen LogP contribution is 2.43. The zero-order valence-electron chi connectivity index (χ0n) is 10.8. The molecule has 0 spiro atoms. The van der Waals surface area contributed by atoms with Crippen molar-refractivity contribution in [2.75, 3.05) is 0 Å². The largest absolute Gasteiger partial charge is 0.207 e. The minimum absolute atomic E-state index is 0.170. The van der Waals surface area contributed by atoms with E-state index in [0.717, 1.165) is 21.3 Å². The number of halogens is 2. The van der Waals surface area contributed by atoms with Crippen LogP contribution in [0.4, 0.5) is 4.39 Å². The number of hydrogen-bond acceptors (Lipinski definition) is 1. The predicted octanol–water partition coefficient (Wildman–Crippen LogP) is 5.56. The fourth-order valence-corrected chi connectivity index (χ4v) is 4.95. The summed E-state index contributed by atoms with van der Waals surface area (Å²) in [5.41, 5.74) is 1.12. The first-order valence-electron chi connectivity index (χ1n) is 6.62. The molecule has 1 heterocycles. The third kappa shape index (κ3) is 2.87. The van der Waals surface area contributed by atoms with Crippen LogP contribution in [0.15, 0.2) is 36.4 Å². The number of thiophene rings is 1. The average Bonchev–Trinajstić information content (AvgIpc) is 2.87. The first-order chi connectivity index (χ1) is 9.13. The average molecular weight is 386 g/mol. The van der Waals surface area contributed by atoms with Gasteiger partial charge in [-0.05, 0) is 54.5 Å². The Morgan fingerprint density at radius 3 is 2.58 bits per heavy atom. The van der Waals surface area contributed by atoms with E-state index in [9.17, 15) is 4.39 Å². The Morgan fingerprint density at radius 2 is 1.95 bits per heavy atom. The zero-order chi connectivity index (χ0) is 13.4. The standard InChI is InChI=1S/C16H16FIS/c1-10-12(9-15(10)18)8-14-6-7-16(19-14)11-2-4-13(17)5-3-11/h2-7,10,12,15H,8-9H2,1H3/t10-,12?,15?/m1/s1. The first-order valence-corrected chi connectivity index (χ1v) is 8.68. The molecule has 0 radical (unpaired) electrons. The van der Waals surface area contributed by atoms with Crippen molar-refractivity contribution in [1.82, 2.24) is 0 Å². The zero-order valence-corrected chi connectivity index (χ0v) is 13.7. The van der Waals surface area contributed by atoms with Crippen molar-refractivity contribution in [3.63, 3.8) is 0 Å². The maximum absolute atomic E-state index is 12.9. The van der Waals surface area contributed by atoms with Crippen molar-refractivity contribution >= 4 is 33.9 Å². The van der Waals surface area contributed by atoms with E-state index in [1.54, 1.807) is 0 Å². The molecule has 0 saturated heterocycles. The minimum Gasteiger partial charge on any atom is -0.207 e. The van der Waals surface area contributed by atoms with Crippen LogP contribution >= 0.6 is 33.9 Å². The molecular weight excluding hydrogens is 370 g/mol. The Kier molecular flexibility index (Phi) is 3.94. The molecule has 0 nitrogen and oxygen atoms in total. The molecule has 1 aromatic carbocycles. The summed E-state index contributed by atoms with van der Waals surface area (Å²) in [7, 11) is 0. The molecule has 0 N–H and O–H groups in total. The van der Waals surface area contributed by atoms with Crippen LogP contribution in [-0.4, -0.2) is 3.92 Å². The summed E-state index contributed by atoms with van der Waals surface area (Å²) < 4.78 is 13.8. The first kappa shape index (κ1) is 13.6. The Hall–Kier alpha value is -0.420. The van der Waals surface area contributed by atoms with Gasteiger partial charge in [-0.3, -0.25) is 0 Å². The molecule has 0 amide bonds. The fraction of sp³-hybridized carbons (Fsp3) is 0.375. The smallest absolute Gasteiger partial charge is 0.123 e. The highest BCUT2D eigenvalue weighted by Gasteiger charge is 2.35. The van der Waals surface area contributed by atoms with E-state index < -0.39 is 0 Å². The van der Waals surface area contributed by atoms with Gasteiger partial charge in [0.25, 0.3) is 0 Å². The number of benzene rings is 1. The summed E-state index contributed by atoms with van der Waals surface area (Å²) >= 11 is 4.41. The van der Waals surface area contributed by atoms with Gasteiger partial charge in [0.05, 0.1) is 0 Å². The van der Waals surface area contributed by atoms with E-state index in [4.69, 9.17) is 0 Å². The van der Waals surface area contributed by atoms with Gasteiger partial charge in [0.15, 0.2) is 0 Å². The van der Waals surface area contributed by atoms with Gasteiger partial charge in [-0.2, -0.15) is 0 Å². The molecule has 3 rings (SSSR count). The van der Waals surface area contributed by atoms with Gasteiger partial charge >= 0.3 is 0 Å². The third-order valence-corrected chi connectivity index (χ3v) is 6.90. The fourth-order valence-electron chi connectivity index (χ4n) is 2.60. The Bertz CT molecular complexity index is 560. The SMILES string of the molecule is C[C@H]1C(I)CC1Cc1ccc(-c2ccc(F)cc2)s1. The monoisotopic (exact) mass is 386 g/mol. The molecule has 1 saturated carbocycles. The lowest BCUT2D eigenvalue weighted by atomic mass is 9.73. The molecule has 3 atom stereocenters. The Morgan fingerprint density at radius 1 is 1.21 bits per heavy atom. The molecule has 2 aromatic rings. The van der Waals surface area contributed by atoms with Gasteiger partial charge in [0.1, 0.15) is 5.82 Å². The highest BCUT2D eigenvalue weighted by molar-refractivity contribution is 14.1. The third-order valence-electron chi connectivity index (χ3n) is 4.10. The van der Waals surface area contributed by atoms with E-state index in [1.807, 2.05) is 23.5 Å². The molecule has 1 aliphatic carbocycles. The number of rotatable bonds is 3. The summed E-state index contributed by atoms with van der Waals surface area (Å²) in [4.78, 5) is 2.70. The Balaban J connectivity index is 1.71. The summed E-state index contributed by atoms with van der Waals surface area (Å²) in [6.45, 7) is 2.36. The molecule has 1 aromatic heterocycles. The lowest BCUT2D eigenvalue weighted by molar-refractivity contribution is 0.220. The topological polar surface area (TPSA) is 0 Å². The van der Waals surface area contributed by atoms with Gasteiger partial charge in [0.2, 0.25) is 0 Å². The summed E-state index contributed by atoms with van der Waals surface area (Å²) in [5.74, 6) is 1.52. The van der Waals surface area contributed by atoms with Crippen LogP contribution in [0, 0.1) is 17.7 Å². The second-order valence-electron chi connectivity index (χ2n) is 5.35. The maximum atomic E-state index is 12.9. The number of hydrogen-bond donors (Lipinski definition) is 0. The lowest BCUT2D eigenvalue weighted by Crippen LogP contribution is -2.36. The van der Waals surface area contributed by atoms with Crippen molar-refractivity contribution < 1.29 is 4.39 Å². The molecule has 100 valence electrons. The van der Waals surface area contributed by atoms with E-state index in [1.165, 1.54) is 34.7 Å². The van der Waals surface area contributed by atoms with Gasteiger partial charge in [-0.1, -0.05) is 41.6 Å². The van der Waals surface area contributed by atoms with E-state index in [0.29, 0.717) is 0 Å². The van der Waals surface area contributed by atoms with E-state index in [2.05, 4.69) is 41.6 Å². The van der Waals surface area contributed by atoms with Crippen molar-refractivity contribution in [2.24, 2.45) is 11.8 Å². The molecular formula is C16H16FIS. The van der Waals surface area contributed by atoms with Gasteiger partial charge < -0.3 is 0 Å². The molecule has 2 unspecified atom stereocenters. The second-order valence-corrected chi connectivity index (χ2v) is 8.12. The molecule has 1 aliphatic rings. The molecule has 1 fully saturated rings. The van der Waals surface area contributed by atoms with Crippen LogP contribution in [0.25, 0.3) is 10.4 Å². The van der Waals surface area contributed by atoms with Gasteiger partial charge in [0, 0.05) is 13.7 Å². The van der Waals surface area contributed by atoms with Crippen LogP contribution in [0.3, 0.4) is 0 Å². The van der Waals surface area contributed by atoms with E-state index >= 15 is 0 Å². The molecule has 19 heavy (non-hydrogen) atoms. The number of alkyl halides is 1. The second kappa shape index (κ2) is 5.52. The Labute approximate surface area is 131 Å². The van der Waals surface area contributed by atoms with Crippen LogP contribution < -0.4 is 0 Å². The van der Waals surface area contributed by atoms with Gasteiger partial charge in [-0.15, -0.1) is 11.3 Å². The van der Waals surface area contributed by atoms with Crippen molar-refractivity contribution in [3.05, 3.63) is 47.1 Å². The van der Waals surface area contributed by atoms with Gasteiger partial charge in [-0.25, -0.2) is 4.39 Å². The summed E-state index contributed by atoms with van der Waals surface area (Å²) in [5, 5.41) is 0. The maximum Gasteiger partial charge on any atom is 0.123 e. The van der Waals surface area contributed by atoms with Crippen LogP contribution in [0.5, 0.6) is 0 Å². The van der Waals surface area contributed by atoms with E-state index in [-0.39, 0.29) is 5.82 Å². The molecule has 0 aliphatic heterocycles. The lowest BCUT2D eigenvalue weighted by Gasteiger charge is -2.39. The normalized spacial score (nSPS) is 26.2. The summed E-state index contributed by atoms with van der Waals surface area (Å²) in [6.07, 6.45) is 2.55. The molecule has 0 bridgehead atoms. The van der Waals surface area contributed by atoms with Crippen molar-refractivity contribution in [2.45, 2.75) is 23.7 Å². The summed E-state index contributed by atoms with van der Waals surface area (Å²) in [6, 6.07) is 11.2. The van der Waals surface area contributed by atoms with Crippen molar-refractivity contribution in [1.29, 1.82) is 0 Å². The van der Waals surface area contributed by atoms with Crippen LogP contribution in [0.2, 0.25) is 0 Å². The highest BCUT2D eigenvalue weighted by atomic mass is 127. The minimum atomic E-state index is -0.170. The molecule has 3 heteroatoms. The van der Waals surface area contributed by atoms with Crippen LogP contribution in [-0.2, 0) is 6.42 Å². The van der Waals surface area contributed by atoms with Crippen molar-refractivity contribution in [3.8, 4) is 10.4 Å². The van der Waals surface area contributed by atoms with Crippen LogP contribution in [0.1, 0.15) is 18.2 Å². The predicted molar refractivity (Wildman–Crippen MR) is 88.5 cm³/mol. The quantitative estimate of drug-likeness (QED) is 0.479.